The molecule has 0 heterocycles. The molecule has 0 bridgehead atoms. The Hall–Kier alpha value is -2.54. The Labute approximate surface area is 142 Å². The number of hydrogen-bond acceptors (Lipinski definition) is 4. The third kappa shape index (κ3) is 3.86. The number of nitro groups is 1. The quantitative estimate of drug-likeness (QED) is 0.615. The van der Waals surface area contributed by atoms with Crippen molar-refractivity contribution in [3.8, 4) is 0 Å². The van der Waals surface area contributed by atoms with Crippen LogP contribution in [0.25, 0.3) is 0 Å². The number of hydrogen-bond donors (Lipinski definition) is 0. The highest BCUT2D eigenvalue weighted by Gasteiger charge is 2.20. The summed E-state index contributed by atoms with van der Waals surface area (Å²) < 4.78 is 11.4. The number of non-ortho nitro benzene ring substituents is 1. The fourth-order valence-electron chi connectivity index (χ4n) is 2.29. The topological polar surface area (TPSA) is 80.5 Å². The molecule has 0 aliphatic heterocycles. The smallest absolute Gasteiger partial charge is 0.269 e. The third-order valence-corrected chi connectivity index (χ3v) is 4.83. The maximum atomic E-state index is 12.6. The van der Waals surface area contributed by atoms with Crippen LogP contribution in [0.3, 0.4) is 0 Å². The largest absolute Gasteiger partial charge is 0.335 e. The maximum Gasteiger partial charge on any atom is 0.269 e. The van der Waals surface area contributed by atoms with Crippen molar-refractivity contribution in [2.45, 2.75) is 17.9 Å². The van der Waals surface area contributed by atoms with Crippen LogP contribution < -0.4 is 0 Å². The lowest BCUT2D eigenvalue weighted by Crippen LogP contribution is -2.29. The molecule has 0 N–H and O–H groups in total. The number of nitrogens with zero attached hydrogens (tertiary/aromatic N) is 2. The minimum atomic E-state index is -1.10. The van der Waals surface area contributed by atoms with E-state index in [1.165, 1.54) is 17.0 Å². The minimum absolute atomic E-state index is 0.00465. The lowest BCUT2D eigenvalue weighted by molar-refractivity contribution is -0.384. The molecule has 0 aromatic heterocycles. The zero-order valence-electron chi connectivity index (χ0n) is 13.6. The molecule has 0 saturated carbocycles. The first kappa shape index (κ1) is 17.8. The van der Waals surface area contributed by atoms with Gasteiger partial charge in [0, 0.05) is 46.7 Å². The van der Waals surface area contributed by atoms with Crippen molar-refractivity contribution in [3.63, 3.8) is 0 Å². The summed E-state index contributed by atoms with van der Waals surface area (Å²) >= 11 is 0. The molecule has 2 atom stereocenters. The van der Waals surface area contributed by atoms with Gasteiger partial charge in [-0.15, -0.1) is 0 Å². The summed E-state index contributed by atoms with van der Waals surface area (Å²) in [7, 11) is 0.555. The molecule has 6 nitrogen and oxygen atoms in total. The second-order valence-electron chi connectivity index (χ2n) is 5.42. The molecule has 0 aliphatic carbocycles. The van der Waals surface area contributed by atoms with E-state index in [0.29, 0.717) is 16.0 Å². The summed E-state index contributed by atoms with van der Waals surface area (Å²) in [4.78, 5) is 25.2. The van der Waals surface area contributed by atoms with Crippen LogP contribution in [0, 0.1) is 10.1 Å². The fraction of sp³-hybridized carbons (Fsp3) is 0.235. The van der Waals surface area contributed by atoms with Crippen molar-refractivity contribution in [2.24, 2.45) is 0 Å². The second-order valence-corrected chi connectivity index (χ2v) is 6.80. The molecule has 0 fully saturated rings. The summed E-state index contributed by atoms with van der Waals surface area (Å²) in [6, 6.07) is 12.5. The van der Waals surface area contributed by atoms with Crippen LogP contribution in [-0.4, -0.2) is 33.2 Å². The number of nitro benzene ring substituents is 1. The lowest BCUT2D eigenvalue weighted by Gasteiger charge is -2.25. The maximum absolute atomic E-state index is 12.6. The molecule has 0 spiro atoms. The highest BCUT2D eigenvalue weighted by molar-refractivity contribution is 7.84. The van der Waals surface area contributed by atoms with Crippen molar-refractivity contribution in [2.75, 3.05) is 13.3 Å². The summed E-state index contributed by atoms with van der Waals surface area (Å²) in [6.45, 7) is 1.81. The van der Waals surface area contributed by atoms with Gasteiger partial charge in [-0.1, -0.05) is 12.1 Å². The molecule has 7 heteroatoms. The van der Waals surface area contributed by atoms with E-state index in [2.05, 4.69) is 0 Å². The van der Waals surface area contributed by atoms with E-state index >= 15 is 0 Å². The number of amides is 1. The molecule has 126 valence electrons. The monoisotopic (exact) mass is 346 g/mol. The van der Waals surface area contributed by atoms with Gasteiger partial charge in [0.1, 0.15) is 0 Å². The van der Waals surface area contributed by atoms with Crippen molar-refractivity contribution in [1.29, 1.82) is 0 Å². The van der Waals surface area contributed by atoms with E-state index < -0.39 is 15.7 Å². The first-order valence-corrected chi connectivity index (χ1v) is 8.82. The van der Waals surface area contributed by atoms with Gasteiger partial charge in [-0.3, -0.25) is 19.1 Å². The Morgan fingerprint density at radius 3 is 2.38 bits per heavy atom. The predicted octanol–water partition coefficient (Wildman–Crippen LogP) is 3.17. The van der Waals surface area contributed by atoms with E-state index in [4.69, 9.17) is 0 Å². The van der Waals surface area contributed by atoms with Crippen molar-refractivity contribution >= 4 is 22.4 Å². The van der Waals surface area contributed by atoms with E-state index in [1.54, 1.807) is 49.7 Å². The molecule has 2 aromatic carbocycles. The van der Waals surface area contributed by atoms with Gasteiger partial charge in [0.05, 0.1) is 11.0 Å². The molecular weight excluding hydrogens is 328 g/mol. The van der Waals surface area contributed by atoms with E-state index in [0.717, 1.165) is 0 Å². The molecular formula is C17H18N2O4S. The van der Waals surface area contributed by atoms with Gasteiger partial charge in [-0.25, -0.2) is 0 Å². The van der Waals surface area contributed by atoms with Crippen LogP contribution in [-0.2, 0) is 10.8 Å². The van der Waals surface area contributed by atoms with Crippen LogP contribution in [0.4, 0.5) is 5.69 Å². The average Bonchev–Trinajstić information content (AvgIpc) is 2.60. The first-order valence-electron chi connectivity index (χ1n) is 7.26. The van der Waals surface area contributed by atoms with Gasteiger partial charge in [0.15, 0.2) is 0 Å². The van der Waals surface area contributed by atoms with Gasteiger partial charge in [-0.05, 0) is 36.8 Å². The Bertz CT molecular complexity index is 789. The Balaban J connectivity index is 2.21. The normalized spacial score (nSPS) is 13.1. The predicted molar refractivity (Wildman–Crippen MR) is 92.4 cm³/mol. The van der Waals surface area contributed by atoms with Crippen molar-refractivity contribution < 1.29 is 13.9 Å². The van der Waals surface area contributed by atoms with Crippen LogP contribution in [0.2, 0.25) is 0 Å². The van der Waals surface area contributed by atoms with E-state index in [9.17, 15) is 19.1 Å². The lowest BCUT2D eigenvalue weighted by atomic mass is 10.1. The molecule has 2 rings (SSSR count). The number of rotatable bonds is 5. The highest BCUT2D eigenvalue weighted by Crippen LogP contribution is 2.24. The molecule has 0 radical (unpaired) electrons. The first-order chi connectivity index (χ1) is 11.3. The van der Waals surface area contributed by atoms with Gasteiger partial charge >= 0.3 is 0 Å². The Morgan fingerprint density at radius 1 is 1.21 bits per heavy atom. The number of benzene rings is 2. The van der Waals surface area contributed by atoms with Gasteiger partial charge in [0.25, 0.3) is 11.6 Å². The zero-order valence-corrected chi connectivity index (χ0v) is 14.4. The van der Waals surface area contributed by atoms with E-state index in [-0.39, 0.29) is 17.6 Å². The molecule has 24 heavy (non-hydrogen) atoms. The number of carbonyl (C=O) groups is 1. The minimum Gasteiger partial charge on any atom is -0.335 e. The van der Waals surface area contributed by atoms with E-state index in [1.807, 2.05) is 6.92 Å². The Kier molecular flexibility index (Phi) is 5.46. The summed E-state index contributed by atoms with van der Waals surface area (Å²) in [5.41, 5.74) is 1.16. The van der Waals surface area contributed by atoms with Crippen LogP contribution in [0.15, 0.2) is 53.4 Å². The zero-order chi connectivity index (χ0) is 17.9. The third-order valence-electron chi connectivity index (χ3n) is 3.90. The van der Waals surface area contributed by atoms with Crippen molar-refractivity contribution in [1.82, 2.24) is 4.90 Å². The standard InChI is InChI=1S/C17H18N2O4S/c1-12(14-5-4-6-15(11-14)19(21)22)18(2)17(20)13-7-9-16(10-8-13)24(3)23/h4-12H,1-3H3/t12-,24-/m0/s1. The van der Waals surface area contributed by atoms with Gasteiger partial charge in [-0.2, -0.15) is 0 Å². The van der Waals surface area contributed by atoms with Crippen LogP contribution in [0.5, 0.6) is 0 Å². The highest BCUT2D eigenvalue weighted by atomic mass is 32.2. The second kappa shape index (κ2) is 7.35. The summed E-state index contributed by atoms with van der Waals surface area (Å²) in [5, 5.41) is 10.9. The number of carbonyl (C=O) groups excluding carboxylic acids is 1. The molecule has 2 aromatic rings. The van der Waals surface area contributed by atoms with Crippen molar-refractivity contribution in [3.05, 3.63) is 69.8 Å². The molecule has 0 saturated heterocycles. The molecule has 0 unspecified atom stereocenters. The fourth-order valence-corrected chi connectivity index (χ4v) is 2.81. The molecule has 0 aliphatic rings. The Morgan fingerprint density at radius 2 is 1.83 bits per heavy atom. The summed E-state index contributed by atoms with van der Waals surface area (Å²) in [6.07, 6.45) is 1.58. The molecule has 1 amide bonds. The van der Waals surface area contributed by atoms with Gasteiger partial charge < -0.3 is 4.90 Å². The van der Waals surface area contributed by atoms with Gasteiger partial charge in [0.2, 0.25) is 0 Å². The summed E-state index contributed by atoms with van der Waals surface area (Å²) in [5.74, 6) is -0.206. The van der Waals surface area contributed by atoms with Crippen LogP contribution >= 0.6 is 0 Å². The van der Waals surface area contributed by atoms with Crippen LogP contribution in [0.1, 0.15) is 28.9 Å². The SMILES string of the molecule is C[C@@H](c1cccc([N+](=O)[O-])c1)N(C)C(=O)c1ccc([S@](C)=O)cc1. The average molecular weight is 346 g/mol.